The lowest BCUT2D eigenvalue weighted by atomic mass is 10.1. The van der Waals surface area contributed by atoms with Crippen LogP contribution in [0.5, 0.6) is 0 Å². The highest BCUT2D eigenvalue weighted by Gasteiger charge is 2.08. The van der Waals surface area contributed by atoms with Crippen LogP contribution in [0, 0.1) is 0 Å². The van der Waals surface area contributed by atoms with E-state index in [0.29, 0.717) is 6.04 Å². The van der Waals surface area contributed by atoms with Gasteiger partial charge in [-0.1, -0.05) is 27.3 Å². The Hall–Kier alpha value is -1.33. The fourth-order valence-electron chi connectivity index (χ4n) is 2.06. The lowest BCUT2D eigenvalue weighted by molar-refractivity contribution is 0.495. The molecule has 2 aromatic heterocycles. The van der Waals surface area contributed by atoms with Crippen LogP contribution in [0.2, 0.25) is 0 Å². The van der Waals surface area contributed by atoms with Gasteiger partial charge in [-0.2, -0.15) is 0 Å². The van der Waals surface area contributed by atoms with Crippen molar-refractivity contribution in [3.63, 3.8) is 0 Å². The van der Waals surface area contributed by atoms with Crippen molar-refractivity contribution in [3.8, 4) is 0 Å². The van der Waals surface area contributed by atoms with Gasteiger partial charge in [0, 0.05) is 16.9 Å². The van der Waals surface area contributed by atoms with Crippen molar-refractivity contribution in [2.75, 3.05) is 5.32 Å². The van der Waals surface area contributed by atoms with Gasteiger partial charge in [0.2, 0.25) is 0 Å². The molecule has 1 N–H and O–H groups in total. The zero-order valence-electron chi connectivity index (χ0n) is 11.1. The predicted octanol–water partition coefficient (Wildman–Crippen LogP) is 5.09. The van der Waals surface area contributed by atoms with E-state index >= 15 is 0 Å². The molecular formula is C15H15BrN2OS. The summed E-state index contributed by atoms with van der Waals surface area (Å²) < 4.78 is 7.63. The molecule has 3 rings (SSSR count). The maximum absolute atomic E-state index is 5.35. The molecule has 1 unspecified atom stereocenters. The number of nitrogens with one attached hydrogen (secondary N) is 1. The van der Waals surface area contributed by atoms with E-state index in [-0.39, 0.29) is 0 Å². The van der Waals surface area contributed by atoms with E-state index in [4.69, 9.17) is 4.42 Å². The summed E-state index contributed by atoms with van der Waals surface area (Å²) in [6, 6.07) is 10.5. The zero-order chi connectivity index (χ0) is 13.9. The number of hydrogen-bond donors (Lipinski definition) is 1. The summed E-state index contributed by atoms with van der Waals surface area (Å²) in [7, 11) is 0. The van der Waals surface area contributed by atoms with Crippen molar-refractivity contribution in [2.45, 2.75) is 25.8 Å². The van der Waals surface area contributed by atoms with Crippen LogP contribution in [-0.4, -0.2) is 11.0 Å². The van der Waals surface area contributed by atoms with Gasteiger partial charge in [-0.05, 0) is 43.7 Å². The van der Waals surface area contributed by atoms with Crippen molar-refractivity contribution >= 4 is 42.6 Å². The largest absolute Gasteiger partial charge is 0.469 e. The molecule has 0 aliphatic carbocycles. The maximum atomic E-state index is 5.35. The molecule has 0 amide bonds. The van der Waals surface area contributed by atoms with Crippen molar-refractivity contribution in [1.29, 1.82) is 0 Å². The van der Waals surface area contributed by atoms with E-state index in [1.807, 2.05) is 24.3 Å². The first-order chi connectivity index (χ1) is 9.70. The van der Waals surface area contributed by atoms with E-state index in [2.05, 4.69) is 39.2 Å². The molecule has 5 heteroatoms. The van der Waals surface area contributed by atoms with Crippen molar-refractivity contribution in [2.24, 2.45) is 0 Å². The average molecular weight is 351 g/mol. The summed E-state index contributed by atoms with van der Waals surface area (Å²) in [6.45, 7) is 2.17. The Morgan fingerprint density at radius 1 is 1.40 bits per heavy atom. The summed E-state index contributed by atoms with van der Waals surface area (Å²) in [5, 5.41) is 4.44. The number of aryl methyl sites for hydroxylation is 1. The Labute approximate surface area is 130 Å². The Morgan fingerprint density at radius 2 is 2.30 bits per heavy atom. The number of hydrogen-bond acceptors (Lipinski definition) is 4. The number of fused-ring (bicyclic) bond motifs is 1. The molecule has 0 spiro atoms. The van der Waals surface area contributed by atoms with Crippen LogP contribution in [0.3, 0.4) is 0 Å². The molecular weight excluding hydrogens is 336 g/mol. The number of aromatic nitrogens is 1. The van der Waals surface area contributed by atoms with Crippen LogP contribution in [0.25, 0.3) is 10.2 Å². The molecule has 1 atom stereocenters. The summed E-state index contributed by atoms with van der Waals surface area (Å²) in [5.41, 5.74) is 1.04. The first-order valence-electron chi connectivity index (χ1n) is 6.56. The molecule has 0 aliphatic rings. The van der Waals surface area contributed by atoms with E-state index in [1.54, 1.807) is 17.6 Å². The monoisotopic (exact) mass is 350 g/mol. The number of furan rings is 1. The van der Waals surface area contributed by atoms with Gasteiger partial charge in [0.15, 0.2) is 5.13 Å². The highest BCUT2D eigenvalue weighted by atomic mass is 79.9. The van der Waals surface area contributed by atoms with Crippen molar-refractivity contribution in [1.82, 2.24) is 4.98 Å². The van der Waals surface area contributed by atoms with E-state index in [9.17, 15) is 0 Å². The van der Waals surface area contributed by atoms with Gasteiger partial charge in [-0.15, -0.1) is 0 Å². The smallest absolute Gasteiger partial charge is 0.183 e. The van der Waals surface area contributed by atoms with Gasteiger partial charge in [-0.3, -0.25) is 0 Å². The third-order valence-electron chi connectivity index (χ3n) is 3.12. The fraction of sp³-hybridized carbons (Fsp3) is 0.267. The second-order valence-corrected chi connectivity index (χ2v) is 6.74. The molecule has 0 bridgehead atoms. The first-order valence-corrected chi connectivity index (χ1v) is 8.16. The van der Waals surface area contributed by atoms with Gasteiger partial charge < -0.3 is 9.73 Å². The Bertz CT molecular complexity index is 693. The standard InChI is InChI=1S/C15H15BrN2OS/c1-10(4-6-12-3-2-8-19-12)17-15-18-13-7-5-11(16)9-14(13)20-15/h2-3,5,7-10H,4,6H2,1H3,(H,17,18). The summed E-state index contributed by atoms with van der Waals surface area (Å²) in [5.74, 6) is 1.03. The minimum atomic E-state index is 0.365. The summed E-state index contributed by atoms with van der Waals surface area (Å²) >= 11 is 5.17. The van der Waals surface area contributed by atoms with Gasteiger partial charge >= 0.3 is 0 Å². The van der Waals surface area contributed by atoms with E-state index < -0.39 is 0 Å². The lowest BCUT2D eigenvalue weighted by Gasteiger charge is -2.11. The van der Waals surface area contributed by atoms with Crippen LogP contribution in [0.4, 0.5) is 5.13 Å². The number of benzene rings is 1. The quantitative estimate of drug-likeness (QED) is 0.696. The number of rotatable bonds is 5. The molecule has 2 heterocycles. The Kier molecular flexibility index (Phi) is 4.08. The number of nitrogens with zero attached hydrogens (tertiary/aromatic N) is 1. The van der Waals surface area contributed by atoms with Crippen molar-refractivity contribution < 1.29 is 4.42 Å². The van der Waals surface area contributed by atoms with Crippen LogP contribution in [-0.2, 0) is 6.42 Å². The molecule has 0 aliphatic heterocycles. The molecule has 0 saturated carbocycles. The number of halogens is 1. The molecule has 20 heavy (non-hydrogen) atoms. The highest BCUT2D eigenvalue weighted by Crippen LogP contribution is 2.29. The molecule has 1 aromatic carbocycles. The van der Waals surface area contributed by atoms with Crippen LogP contribution < -0.4 is 5.32 Å². The zero-order valence-corrected chi connectivity index (χ0v) is 13.5. The molecule has 0 radical (unpaired) electrons. The second kappa shape index (κ2) is 5.97. The minimum Gasteiger partial charge on any atom is -0.469 e. The summed E-state index contributed by atoms with van der Waals surface area (Å²) in [6.07, 6.45) is 3.68. The molecule has 104 valence electrons. The van der Waals surface area contributed by atoms with Crippen LogP contribution >= 0.6 is 27.3 Å². The third-order valence-corrected chi connectivity index (χ3v) is 4.57. The first kappa shape index (κ1) is 13.6. The fourth-order valence-corrected chi connectivity index (χ4v) is 3.59. The molecule has 3 aromatic rings. The van der Waals surface area contributed by atoms with Gasteiger partial charge in [0.25, 0.3) is 0 Å². The highest BCUT2D eigenvalue weighted by molar-refractivity contribution is 9.10. The molecule has 0 fully saturated rings. The number of thiazole rings is 1. The number of anilines is 1. The maximum Gasteiger partial charge on any atom is 0.183 e. The van der Waals surface area contributed by atoms with Gasteiger partial charge in [-0.25, -0.2) is 4.98 Å². The summed E-state index contributed by atoms with van der Waals surface area (Å²) in [4.78, 5) is 4.60. The van der Waals surface area contributed by atoms with E-state index in [1.165, 1.54) is 4.70 Å². The van der Waals surface area contributed by atoms with Gasteiger partial charge in [0.05, 0.1) is 16.5 Å². The normalized spacial score (nSPS) is 12.7. The molecule has 3 nitrogen and oxygen atoms in total. The topological polar surface area (TPSA) is 38.1 Å². The second-order valence-electron chi connectivity index (χ2n) is 4.79. The average Bonchev–Trinajstić information content (AvgIpc) is 3.04. The lowest BCUT2D eigenvalue weighted by Crippen LogP contribution is -2.15. The third kappa shape index (κ3) is 3.22. The Morgan fingerprint density at radius 3 is 3.10 bits per heavy atom. The van der Waals surface area contributed by atoms with Crippen LogP contribution in [0.15, 0.2) is 45.5 Å². The Balaban J connectivity index is 1.63. The van der Waals surface area contributed by atoms with E-state index in [0.717, 1.165) is 33.7 Å². The predicted molar refractivity (Wildman–Crippen MR) is 87.4 cm³/mol. The van der Waals surface area contributed by atoms with Crippen LogP contribution in [0.1, 0.15) is 19.1 Å². The van der Waals surface area contributed by atoms with Crippen molar-refractivity contribution in [3.05, 3.63) is 46.8 Å². The SMILES string of the molecule is CC(CCc1ccco1)Nc1nc2ccc(Br)cc2s1. The molecule has 0 saturated heterocycles. The van der Waals surface area contributed by atoms with Gasteiger partial charge in [0.1, 0.15) is 5.76 Å². The minimum absolute atomic E-state index is 0.365.